The number of anilines is 2. The molecule has 0 atom stereocenters. The van der Waals surface area contributed by atoms with Crippen LogP contribution >= 0.6 is 0 Å². The summed E-state index contributed by atoms with van der Waals surface area (Å²) >= 11 is 0. The first-order valence-corrected chi connectivity index (χ1v) is 7.70. The molecule has 27 heavy (non-hydrogen) atoms. The van der Waals surface area contributed by atoms with E-state index in [1.165, 1.54) is 18.3 Å². The topological polar surface area (TPSA) is 62.7 Å². The van der Waals surface area contributed by atoms with E-state index >= 15 is 0 Å². The number of hydrogen-bond acceptors (Lipinski definition) is 3. The van der Waals surface area contributed by atoms with Gasteiger partial charge < -0.3 is 10.3 Å². The van der Waals surface area contributed by atoms with Gasteiger partial charge in [-0.1, -0.05) is 0 Å². The van der Waals surface area contributed by atoms with Crippen molar-refractivity contribution in [3.63, 3.8) is 0 Å². The molecule has 0 unspecified atom stereocenters. The number of benzene rings is 2. The van der Waals surface area contributed by atoms with Gasteiger partial charge in [-0.05, 0) is 30.3 Å². The van der Waals surface area contributed by atoms with Crippen LogP contribution in [0.25, 0.3) is 16.9 Å². The summed E-state index contributed by atoms with van der Waals surface area (Å²) in [7, 11) is 0. The summed E-state index contributed by atoms with van der Waals surface area (Å²) in [5, 5.41) is 2.72. The quantitative estimate of drug-likeness (QED) is 0.533. The standard InChI is InChI=1S/C18H10F4N4O/c19-9-1-3-14(12(21)5-9)24-11-7-15-17(23-8-11)26(18(27)25-15)16-4-2-10(20)6-13(16)22/h1-8,24H,(H,25,27). The summed E-state index contributed by atoms with van der Waals surface area (Å²) in [6.07, 6.45) is 1.30. The SMILES string of the molecule is O=c1[nH]c2cc(Nc3ccc(F)cc3F)cnc2n1-c1ccc(F)cc1F. The molecule has 0 saturated heterocycles. The Bertz CT molecular complexity index is 1230. The van der Waals surface area contributed by atoms with Crippen molar-refractivity contribution in [2.75, 3.05) is 5.32 Å². The van der Waals surface area contributed by atoms with Gasteiger partial charge in [0.25, 0.3) is 0 Å². The molecule has 136 valence electrons. The number of nitrogens with one attached hydrogen (secondary N) is 2. The van der Waals surface area contributed by atoms with E-state index < -0.39 is 29.0 Å². The van der Waals surface area contributed by atoms with Crippen molar-refractivity contribution in [1.29, 1.82) is 0 Å². The summed E-state index contributed by atoms with van der Waals surface area (Å²) in [5.41, 5.74) is -0.143. The number of imidazole rings is 1. The first-order chi connectivity index (χ1) is 12.9. The van der Waals surface area contributed by atoms with Crippen LogP contribution in [0.1, 0.15) is 0 Å². The highest BCUT2D eigenvalue weighted by atomic mass is 19.1. The van der Waals surface area contributed by atoms with Crippen LogP contribution in [0, 0.1) is 23.3 Å². The lowest BCUT2D eigenvalue weighted by atomic mass is 10.2. The van der Waals surface area contributed by atoms with E-state index in [4.69, 9.17) is 0 Å². The predicted octanol–water partition coefficient (Wildman–Crippen LogP) is 4.01. The third kappa shape index (κ3) is 3.03. The highest BCUT2D eigenvalue weighted by Crippen LogP contribution is 2.23. The van der Waals surface area contributed by atoms with Gasteiger partial charge in [0.2, 0.25) is 0 Å². The molecule has 2 N–H and O–H groups in total. The fourth-order valence-corrected chi connectivity index (χ4v) is 2.70. The lowest BCUT2D eigenvalue weighted by molar-refractivity contribution is 0.577. The molecule has 0 fully saturated rings. The molecule has 0 aliphatic carbocycles. The van der Waals surface area contributed by atoms with Crippen molar-refractivity contribution in [3.8, 4) is 5.69 Å². The largest absolute Gasteiger partial charge is 0.352 e. The van der Waals surface area contributed by atoms with Crippen LogP contribution in [0.3, 0.4) is 0 Å². The Balaban J connectivity index is 1.77. The second kappa shape index (κ2) is 6.27. The number of H-pyrrole nitrogens is 1. The van der Waals surface area contributed by atoms with Crippen molar-refractivity contribution < 1.29 is 17.6 Å². The summed E-state index contributed by atoms with van der Waals surface area (Å²) in [4.78, 5) is 18.8. The Morgan fingerprint density at radius 2 is 1.63 bits per heavy atom. The van der Waals surface area contributed by atoms with E-state index in [9.17, 15) is 22.4 Å². The summed E-state index contributed by atoms with van der Waals surface area (Å²) in [6.45, 7) is 0. The van der Waals surface area contributed by atoms with E-state index in [-0.39, 0.29) is 22.5 Å². The first-order valence-electron chi connectivity index (χ1n) is 7.70. The smallest absolute Gasteiger partial charge is 0.332 e. The van der Waals surface area contributed by atoms with Crippen LogP contribution in [-0.2, 0) is 0 Å². The van der Waals surface area contributed by atoms with Gasteiger partial charge in [-0.2, -0.15) is 0 Å². The average molecular weight is 374 g/mol. The molecule has 5 nitrogen and oxygen atoms in total. The summed E-state index contributed by atoms with van der Waals surface area (Å²) in [5.74, 6) is -3.20. The molecule has 0 saturated carbocycles. The van der Waals surface area contributed by atoms with Gasteiger partial charge in [0, 0.05) is 12.1 Å². The minimum Gasteiger partial charge on any atom is -0.352 e. The average Bonchev–Trinajstić information content (AvgIpc) is 2.93. The van der Waals surface area contributed by atoms with Gasteiger partial charge in [0.15, 0.2) is 5.65 Å². The number of rotatable bonds is 3. The molecule has 0 spiro atoms. The molecule has 2 aromatic carbocycles. The number of halogens is 4. The van der Waals surface area contributed by atoms with Crippen molar-refractivity contribution in [3.05, 3.63) is 82.4 Å². The van der Waals surface area contributed by atoms with Gasteiger partial charge in [0.05, 0.1) is 28.8 Å². The Kier molecular flexibility index (Phi) is 3.91. The predicted molar refractivity (Wildman–Crippen MR) is 91.2 cm³/mol. The molecular weight excluding hydrogens is 364 g/mol. The Morgan fingerprint density at radius 1 is 0.926 bits per heavy atom. The van der Waals surface area contributed by atoms with E-state index in [0.717, 1.165) is 28.8 Å². The van der Waals surface area contributed by atoms with Crippen LogP contribution in [-0.4, -0.2) is 14.5 Å². The molecule has 9 heteroatoms. The lowest BCUT2D eigenvalue weighted by Crippen LogP contribution is -2.16. The second-order valence-electron chi connectivity index (χ2n) is 5.71. The Hall–Kier alpha value is -3.62. The van der Waals surface area contributed by atoms with E-state index in [0.29, 0.717) is 11.8 Å². The molecule has 4 aromatic rings. The zero-order chi connectivity index (χ0) is 19.1. The zero-order valence-electron chi connectivity index (χ0n) is 13.4. The number of nitrogens with zero attached hydrogens (tertiary/aromatic N) is 2. The minimum absolute atomic E-state index is 0.0175. The highest BCUT2D eigenvalue weighted by molar-refractivity contribution is 5.78. The number of hydrogen-bond donors (Lipinski definition) is 2. The van der Waals surface area contributed by atoms with E-state index in [1.807, 2.05) is 0 Å². The monoisotopic (exact) mass is 374 g/mol. The van der Waals surface area contributed by atoms with Gasteiger partial charge >= 0.3 is 5.69 Å². The fraction of sp³-hybridized carbons (Fsp3) is 0. The van der Waals surface area contributed by atoms with Crippen LogP contribution < -0.4 is 11.0 Å². The molecule has 0 aliphatic heterocycles. The number of aromatic nitrogens is 3. The van der Waals surface area contributed by atoms with Gasteiger partial charge in [0.1, 0.15) is 23.3 Å². The Labute approximate surface area is 148 Å². The van der Waals surface area contributed by atoms with Crippen LogP contribution in [0.5, 0.6) is 0 Å². The highest BCUT2D eigenvalue weighted by Gasteiger charge is 2.15. The molecule has 0 bridgehead atoms. The lowest BCUT2D eigenvalue weighted by Gasteiger charge is -2.08. The summed E-state index contributed by atoms with van der Waals surface area (Å²) in [6, 6.07) is 7.31. The van der Waals surface area contributed by atoms with Crippen LogP contribution in [0.4, 0.5) is 28.9 Å². The van der Waals surface area contributed by atoms with Gasteiger partial charge in [-0.15, -0.1) is 0 Å². The van der Waals surface area contributed by atoms with Crippen molar-refractivity contribution >= 4 is 22.5 Å². The van der Waals surface area contributed by atoms with Gasteiger partial charge in [-0.25, -0.2) is 31.9 Å². The molecule has 4 rings (SSSR count). The zero-order valence-corrected chi connectivity index (χ0v) is 13.4. The molecule has 0 amide bonds. The third-order valence-corrected chi connectivity index (χ3v) is 3.88. The Morgan fingerprint density at radius 3 is 2.33 bits per heavy atom. The van der Waals surface area contributed by atoms with Gasteiger partial charge in [-0.3, -0.25) is 0 Å². The van der Waals surface area contributed by atoms with E-state index in [2.05, 4.69) is 15.3 Å². The maximum Gasteiger partial charge on any atom is 0.332 e. The first kappa shape index (κ1) is 16.8. The van der Waals surface area contributed by atoms with Crippen molar-refractivity contribution in [2.45, 2.75) is 0 Å². The molecule has 2 aromatic heterocycles. The minimum atomic E-state index is -0.921. The molecule has 0 aliphatic rings. The summed E-state index contributed by atoms with van der Waals surface area (Å²) < 4.78 is 54.9. The number of fused-ring (bicyclic) bond motifs is 1. The van der Waals surface area contributed by atoms with Crippen molar-refractivity contribution in [1.82, 2.24) is 14.5 Å². The normalized spacial score (nSPS) is 11.1. The molecular formula is C18H10F4N4O. The number of aromatic amines is 1. The molecule has 0 radical (unpaired) electrons. The number of pyridine rings is 1. The van der Waals surface area contributed by atoms with Crippen LogP contribution in [0.2, 0.25) is 0 Å². The van der Waals surface area contributed by atoms with Crippen molar-refractivity contribution in [2.24, 2.45) is 0 Å². The second-order valence-corrected chi connectivity index (χ2v) is 5.71. The fourth-order valence-electron chi connectivity index (χ4n) is 2.70. The van der Waals surface area contributed by atoms with Crippen LogP contribution in [0.15, 0.2) is 53.5 Å². The molecule has 2 heterocycles. The maximum atomic E-state index is 14.0. The van der Waals surface area contributed by atoms with E-state index in [1.54, 1.807) is 0 Å². The third-order valence-electron chi connectivity index (χ3n) is 3.88. The maximum absolute atomic E-state index is 14.0.